The maximum atomic E-state index is 0. The normalized spacial score (nSPS) is 0. The topological polar surface area (TPSA) is 114 Å². The number of hydrogen-bond donors (Lipinski definition) is 0. The summed E-state index contributed by atoms with van der Waals surface area (Å²) in [5.41, 5.74) is 0. The van der Waals surface area contributed by atoms with Crippen molar-refractivity contribution in [2.24, 2.45) is 0 Å². The van der Waals surface area contributed by atoms with Crippen LogP contribution in [0.4, 0.5) is 0 Å². The van der Waals surface area contributed by atoms with Crippen LogP contribution in [0.3, 0.4) is 0 Å². The molecular formula is BaCuMnO4Sr. The minimum atomic E-state index is 0. The maximum absolute atomic E-state index is 0. The average molecular weight is 407 g/mol. The standard InChI is InChI=1S/Ba.Cu.Mn.4O.Sr/q3*+2;4*-2;+2. The average Bonchev–Trinajstić information content (AvgIpc) is 0. The van der Waals surface area contributed by atoms with Gasteiger partial charge in [-0.25, -0.2) is 0 Å². The molecule has 0 fully saturated rings. The van der Waals surface area contributed by atoms with Crippen molar-refractivity contribution in [1.29, 1.82) is 0 Å². The molecule has 46 valence electrons. The van der Waals surface area contributed by atoms with Crippen LogP contribution in [0.1, 0.15) is 0 Å². The van der Waals surface area contributed by atoms with E-state index >= 15 is 0 Å². The summed E-state index contributed by atoms with van der Waals surface area (Å²) < 4.78 is 0. The van der Waals surface area contributed by atoms with Gasteiger partial charge in [0.25, 0.3) is 0 Å². The van der Waals surface area contributed by atoms with Crippen LogP contribution in [0.2, 0.25) is 0 Å². The number of hydrogen-bond acceptors (Lipinski definition) is 0. The van der Waals surface area contributed by atoms with Gasteiger partial charge in [0.2, 0.25) is 0 Å². The molecular weight excluding hydrogens is 407 g/mol. The van der Waals surface area contributed by atoms with E-state index in [0.29, 0.717) is 0 Å². The summed E-state index contributed by atoms with van der Waals surface area (Å²) in [5.74, 6) is 0. The van der Waals surface area contributed by atoms with Gasteiger partial charge in [0, 0.05) is 0 Å². The Labute approximate surface area is 146 Å². The molecule has 0 aliphatic heterocycles. The van der Waals surface area contributed by atoms with E-state index in [0.717, 1.165) is 0 Å². The quantitative estimate of drug-likeness (QED) is 0.447. The van der Waals surface area contributed by atoms with Gasteiger partial charge in [0.05, 0.1) is 0 Å². The first-order valence-electron chi connectivity index (χ1n) is 0. The first-order valence-corrected chi connectivity index (χ1v) is 0. The molecule has 0 aliphatic rings. The first-order chi connectivity index (χ1) is 0. The molecule has 0 amide bonds. The summed E-state index contributed by atoms with van der Waals surface area (Å²) >= 11 is 0. The Morgan fingerprint density at radius 2 is 0.625 bits per heavy atom. The zero-order chi connectivity index (χ0) is 0. The predicted molar refractivity (Wildman–Crippen MR) is 14.3 cm³/mol. The van der Waals surface area contributed by atoms with Crippen LogP contribution in [-0.2, 0) is 56.0 Å². The Hall–Kier alpha value is 3.93. The van der Waals surface area contributed by atoms with Gasteiger partial charge in [-0.2, -0.15) is 0 Å². The Morgan fingerprint density at radius 1 is 0.625 bits per heavy atom. The smallest absolute Gasteiger partial charge is 2.00 e. The van der Waals surface area contributed by atoms with Gasteiger partial charge in [-0.15, -0.1) is 0 Å². The zero-order valence-electron chi connectivity index (χ0n) is 3.73. The van der Waals surface area contributed by atoms with E-state index in [-0.39, 0.29) is 150 Å². The minimum Gasteiger partial charge on any atom is -2.00 e. The van der Waals surface area contributed by atoms with Gasteiger partial charge < -0.3 is 21.9 Å². The largest absolute Gasteiger partial charge is 2.00 e. The van der Waals surface area contributed by atoms with Gasteiger partial charge in [0.1, 0.15) is 0 Å². The van der Waals surface area contributed by atoms with E-state index in [1.807, 2.05) is 0 Å². The molecule has 0 aromatic carbocycles. The molecule has 0 atom stereocenters. The Kier molecular flexibility index (Phi) is 805. The molecule has 0 heterocycles. The van der Waals surface area contributed by atoms with Crippen molar-refractivity contribution in [1.82, 2.24) is 0 Å². The van der Waals surface area contributed by atoms with Gasteiger partial charge in [-0.1, -0.05) is 0 Å². The third-order valence-corrected chi connectivity index (χ3v) is 0. The summed E-state index contributed by atoms with van der Waals surface area (Å²) in [7, 11) is 0. The minimum absolute atomic E-state index is 0. The van der Waals surface area contributed by atoms with E-state index in [2.05, 4.69) is 0 Å². The fourth-order valence-corrected chi connectivity index (χ4v) is 0. The van der Waals surface area contributed by atoms with E-state index in [4.69, 9.17) is 0 Å². The summed E-state index contributed by atoms with van der Waals surface area (Å²) in [6, 6.07) is 0. The van der Waals surface area contributed by atoms with Crippen LogP contribution in [0.25, 0.3) is 0 Å². The molecule has 0 spiro atoms. The van der Waals surface area contributed by atoms with Crippen molar-refractivity contribution >= 4 is 94.4 Å². The summed E-state index contributed by atoms with van der Waals surface area (Å²) in [5, 5.41) is 0. The molecule has 0 unspecified atom stereocenters. The second kappa shape index (κ2) is 69.8. The molecule has 0 rings (SSSR count). The zero-order valence-corrected chi connectivity index (χ0v) is 13.8. The van der Waals surface area contributed by atoms with Crippen LogP contribution < -0.4 is 0 Å². The van der Waals surface area contributed by atoms with Crippen molar-refractivity contribution in [3.63, 3.8) is 0 Å². The molecule has 0 aromatic rings. The van der Waals surface area contributed by atoms with Crippen molar-refractivity contribution in [3.8, 4) is 0 Å². The monoisotopic (exact) mass is 408 g/mol. The van der Waals surface area contributed by atoms with Crippen molar-refractivity contribution in [3.05, 3.63) is 0 Å². The van der Waals surface area contributed by atoms with E-state index in [1.54, 1.807) is 0 Å². The summed E-state index contributed by atoms with van der Waals surface area (Å²) in [6.45, 7) is 0. The molecule has 2 radical (unpaired) electrons. The second-order valence-electron chi connectivity index (χ2n) is 0. The van der Waals surface area contributed by atoms with E-state index in [1.165, 1.54) is 0 Å². The van der Waals surface area contributed by atoms with Crippen LogP contribution in [0.15, 0.2) is 0 Å². The fourth-order valence-electron chi connectivity index (χ4n) is 0. The van der Waals surface area contributed by atoms with Gasteiger partial charge in [0.15, 0.2) is 0 Å². The Bertz CT molecular complexity index is 16.0. The van der Waals surface area contributed by atoms with Crippen molar-refractivity contribution in [2.75, 3.05) is 0 Å². The molecule has 8 heavy (non-hydrogen) atoms. The van der Waals surface area contributed by atoms with E-state index in [9.17, 15) is 0 Å². The van der Waals surface area contributed by atoms with Crippen LogP contribution in [0, 0.1) is 0 Å². The molecule has 0 aromatic heterocycles. The fraction of sp³-hybridized carbons (Fsp3) is 0. The molecule has 4 nitrogen and oxygen atoms in total. The molecule has 8 heteroatoms. The van der Waals surface area contributed by atoms with Crippen molar-refractivity contribution in [2.45, 2.75) is 0 Å². The van der Waals surface area contributed by atoms with Crippen LogP contribution in [-0.4, -0.2) is 94.4 Å². The summed E-state index contributed by atoms with van der Waals surface area (Å²) in [6.07, 6.45) is 0. The molecule has 0 saturated carbocycles. The molecule has 0 saturated heterocycles. The first kappa shape index (κ1) is 92.3. The molecule has 0 N–H and O–H groups in total. The van der Waals surface area contributed by atoms with E-state index < -0.39 is 0 Å². The SMILES string of the molecule is [Ba+2].[Cu+2].[Mn+2].[O-2].[O-2].[O-2].[O-2].[Sr+2]. The van der Waals surface area contributed by atoms with Gasteiger partial charge >= 0.3 is 129 Å². The Balaban J connectivity index is 0. The third-order valence-electron chi connectivity index (χ3n) is 0. The predicted octanol–water partition coefficient (Wildman–Crippen LogP) is -1.24. The van der Waals surface area contributed by atoms with Crippen molar-refractivity contribution < 1.29 is 56.0 Å². The Morgan fingerprint density at radius 3 is 0.625 bits per heavy atom. The van der Waals surface area contributed by atoms with Crippen LogP contribution >= 0.6 is 0 Å². The van der Waals surface area contributed by atoms with Crippen LogP contribution in [0.5, 0.6) is 0 Å². The maximum Gasteiger partial charge on any atom is 2.00 e. The molecule has 0 aliphatic carbocycles. The summed E-state index contributed by atoms with van der Waals surface area (Å²) in [4.78, 5) is 0. The van der Waals surface area contributed by atoms with Gasteiger partial charge in [-0.3, -0.25) is 0 Å². The van der Waals surface area contributed by atoms with Gasteiger partial charge in [-0.05, 0) is 0 Å². The molecule has 0 bridgehead atoms. The number of rotatable bonds is 0. The second-order valence-corrected chi connectivity index (χ2v) is 0. The third kappa shape index (κ3) is 51.3.